The van der Waals surface area contributed by atoms with Gasteiger partial charge in [0.25, 0.3) is 0 Å². The number of epoxide rings is 1. The van der Waals surface area contributed by atoms with Crippen LogP contribution in [0.1, 0.15) is 11.3 Å². The quantitative estimate of drug-likeness (QED) is 0.754. The fraction of sp³-hybridized carbons (Fsp3) is 0.267. The summed E-state index contributed by atoms with van der Waals surface area (Å²) in [5.74, 6) is 0.902. The number of pyridine rings is 1. The Labute approximate surface area is 106 Å². The standard InChI is InChI=1S/C15H15NO2/c1-2-7-16-13(5-1)8-12-4-3-6-14(9-12)17-10-15-11-18-15/h1-7,9,15H,8,10-11H2. The van der Waals surface area contributed by atoms with E-state index in [0.717, 1.165) is 24.5 Å². The number of ether oxygens (including phenoxy) is 2. The van der Waals surface area contributed by atoms with Gasteiger partial charge in [0, 0.05) is 18.3 Å². The highest BCUT2D eigenvalue weighted by Crippen LogP contribution is 2.18. The van der Waals surface area contributed by atoms with Crippen LogP contribution in [-0.2, 0) is 11.2 Å². The van der Waals surface area contributed by atoms with Crippen LogP contribution < -0.4 is 4.74 Å². The van der Waals surface area contributed by atoms with E-state index in [-0.39, 0.29) is 0 Å². The Morgan fingerprint density at radius 3 is 2.94 bits per heavy atom. The zero-order chi connectivity index (χ0) is 12.2. The largest absolute Gasteiger partial charge is 0.491 e. The van der Waals surface area contributed by atoms with E-state index < -0.39 is 0 Å². The van der Waals surface area contributed by atoms with E-state index >= 15 is 0 Å². The first-order valence-electron chi connectivity index (χ1n) is 6.13. The maximum Gasteiger partial charge on any atom is 0.119 e. The van der Waals surface area contributed by atoms with Gasteiger partial charge in [-0.25, -0.2) is 0 Å². The topological polar surface area (TPSA) is 34.6 Å². The minimum Gasteiger partial charge on any atom is -0.491 e. The molecule has 1 aromatic carbocycles. The smallest absolute Gasteiger partial charge is 0.119 e. The third-order valence-electron chi connectivity index (χ3n) is 2.85. The summed E-state index contributed by atoms with van der Waals surface area (Å²) in [7, 11) is 0. The van der Waals surface area contributed by atoms with Crippen molar-refractivity contribution in [3.8, 4) is 5.75 Å². The molecule has 18 heavy (non-hydrogen) atoms. The molecule has 1 unspecified atom stereocenters. The van der Waals surface area contributed by atoms with Gasteiger partial charge >= 0.3 is 0 Å². The first kappa shape index (κ1) is 11.2. The van der Waals surface area contributed by atoms with E-state index in [4.69, 9.17) is 9.47 Å². The van der Waals surface area contributed by atoms with Gasteiger partial charge in [-0.1, -0.05) is 18.2 Å². The molecule has 2 heterocycles. The van der Waals surface area contributed by atoms with Crippen molar-refractivity contribution in [2.75, 3.05) is 13.2 Å². The third-order valence-corrected chi connectivity index (χ3v) is 2.85. The van der Waals surface area contributed by atoms with Crippen LogP contribution in [-0.4, -0.2) is 24.3 Å². The molecule has 1 aliphatic rings. The predicted molar refractivity (Wildman–Crippen MR) is 68.7 cm³/mol. The van der Waals surface area contributed by atoms with E-state index in [1.54, 1.807) is 0 Å². The van der Waals surface area contributed by atoms with E-state index in [9.17, 15) is 0 Å². The first-order valence-corrected chi connectivity index (χ1v) is 6.13. The van der Waals surface area contributed by atoms with Crippen molar-refractivity contribution in [1.29, 1.82) is 0 Å². The van der Waals surface area contributed by atoms with Gasteiger partial charge in [0.1, 0.15) is 18.5 Å². The molecule has 0 aliphatic carbocycles. The van der Waals surface area contributed by atoms with Crippen molar-refractivity contribution in [3.63, 3.8) is 0 Å². The lowest BCUT2D eigenvalue weighted by Crippen LogP contribution is -2.04. The molecule has 0 N–H and O–H groups in total. The SMILES string of the molecule is c1ccc(Cc2cccc(OCC3CO3)c2)nc1. The maximum absolute atomic E-state index is 5.66. The molecule has 3 heteroatoms. The van der Waals surface area contributed by atoms with Crippen LogP contribution in [0.3, 0.4) is 0 Å². The van der Waals surface area contributed by atoms with Crippen molar-refractivity contribution in [1.82, 2.24) is 4.98 Å². The van der Waals surface area contributed by atoms with Gasteiger partial charge in [-0.05, 0) is 29.8 Å². The van der Waals surface area contributed by atoms with Crippen LogP contribution in [0.2, 0.25) is 0 Å². The summed E-state index contributed by atoms with van der Waals surface area (Å²) in [6.45, 7) is 1.47. The summed E-state index contributed by atoms with van der Waals surface area (Å²) in [4.78, 5) is 4.33. The number of nitrogens with zero attached hydrogens (tertiary/aromatic N) is 1. The highest BCUT2D eigenvalue weighted by atomic mass is 16.6. The number of aromatic nitrogens is 1. The zero-order valence-electron chi connectivity index (χ0n) is 10.1. The number of benzene rings is 1. The van der Waals surface area contributed by atoms with Gasteiger partial charge in [0.2, 0.25) is 0 Å². The number of hydrogen-bond donors (Lipinski definition) is 0. The van der Waals surface area contributed by atoms with Gasteiger partial charge in [-0.3, -0.25) is 4.98 Å². The molecule has 1 fully saturated rings. The Morgan fingerprint density at radius 2 is 2.17 bits per heavy atom. The molecule has 0 saturated carbocycles. The molecule has 0 radical (unpaired) electrons. The lowest BCUT2D eigenvalue weighted by Gasteiger charge is -2.06. The first-order chi connectivity index (χ1) is 8.90. The second-order valence-corrected chi connectivity index (χ2v) is 4.41. The molecule has 1 aliphatic heterocycles. The highest BCUT2D eigenvalue weighted by molar-refractivity contribution is 5.31. The van der Waals surface area contributed by atoms with Crippen molar-refractivity contribution >= 4 is 0 Å². The minimum atomic E-state index is 0.296. The highest BCUT2D eigenvalue weighted by Gasteiger charge is 2.22. The molecule has 92 valence electrons. The molecular weight excluding hydrogens is 226 g/mol. The van der Waals surface area contributed by atoms with Crippen molar-refractivity contribution < 1.29 is 9.47 Å². The Hall–Kier alpha value is -1.87. The Kier molecular flexibility index (Phi) is 3.24. The third kappa shape index (κ3) is 3.08. The summed E-state index contributed by atoms with van der Waals surface area (Å²) in [6, 6.07) is 14.1. The molecule has 1 aromatic heterocycles. The van der Waals surface area contributed by atoms with Crippen LogP contribution in [0.25, 0.3) is 0 Å². The molecular formula is C15H15NO2. The van der Waals surface area contributed by atoms with Gasteiger partial charge in [-0.2, -0.15) is 0 Å². The number of hydrogen-bond acceptors (Lipinski definition) is 3. The summed E-state index contributed by atoms with van der Waals surface area (Å²) in [6.07, 6.45) is 2.95. The van der Waals surface area contributed by atoms with Gasteiger partial charge < -0.3 is 9.47 Å². The summed E-state index contributed by atoms with van der Waals surface area (Å²) < 4.78 is 10.8. The van der Waals surface area contributed by atoms with Crippen molar-refractivity contribution in [2.24, 2.45) is 0 Å². The Bertz CT molecular complexity index is 509. The van der Waals surface area contributed by atoms with Crippen LogP contribution >= 0.6 is 0 Å². The van der Waals surface area contributed by atoms with E-state index in [1.165, 1.54) is 5.56 Å². The van der Waals surface area contributed by atoms with Crippen LogP contribution in [0.4, 0.5) is 0 Å². The van der Waals surface area contributed by atoms with Gasteiger partial charge in [0.05, 0.1) is 6.61 Å². The van der Waals surface area contributed by atoms with E-state index in [2.05, 4.69) is 17.1 Å². The predicted octanol–water partition coefficient (Wildman–Crippen LogP) is 2.45. The monoisotopic (exact) mass is 241 g/mol. The second-order valence-electron chi connectivity index (χ2n) is 4.41. The second kappa shape index (κ2) is 5.19. The fourth-order valence-electron chi connectivity index (χ4n) is 1.81. The van der Waals surface area contributed by atoms with Crippen molar-refractivity contribution in [2.45, 2.75) is 12.5 Å². The van der Waals surface area contributed by atoms with Crippen LogP contribution in [0, 0.1) is 0 Å². The molecule has 1 atom stereocenters. The van der Waals surface area contributed by atoms with Gasteiger partial charge in [0.15, 0.2) is 0 Å². The molecule has 1 saturated heterocycles. The molecule has 3 nitrogen and oxygen atoms in total. The molecule has 3 rings (SSSR count). The average Bonchev–Trinajstić information content (AvgIpc) is 3.22. The molecule has 0 amide bonds. The van der Waals surface area contributed by atoms with Crippen LogP contribution in [0.15, 0.2) is 48.7 Å². The summed E-state index contributed by atoms with van der Waals surface area (Å²) in [5.41, 5.74) is 2.28. The summed E-state index contributed by atoms with van der Waals surface area (Å²) in [5, 5.41) is 0. The average molecular weight is 241 g/mol. The zero-order valence-corrected chi connectivity index (χ0v) is 10.1. The fourth-order valence-corrected chi connectivity index (χ4v) is 1.81. The van der Waals surface area contributed by atoms with Gasteiger partial charge in [-0.15, -0.1) is 0 Å². The molecule has 0 spiro atoms. The summed E-state index contributed by atoms with van der Waals surface area (Å²) >= 11 is 0. The number of rotatable bonds is 5. The van der Waals surface area contributed by atoms with E-state index in [0.29, 0.717) is 12.7 Å². The molecule has 0 bridgehead atoms. The normalized spacial score (nSPS) is 17.4. The Morgan fingerprint density at radius 1 is 1.22 bits per heavy atom. The Balaban J connectivity index is 1.66. The van der Waals surface area contributed by atoms with E-state index in [1.807, 2.05) is 36.5 Å². The van der Waals surface area contributed by atoms with Crippen LogP contribution in [0.5, 0.6) is 5.75 Å². The maximum atomic E-state index is 5.66. The minimum absolute atomic E-state index is 0.296. The molecule has 2 aromatic rings. The lowest BCUT2D eigenvalue weighted by atomic mass is 10.1. The lowest BCUT2D eigenvalue weighted by molar-refractivity contribution is 0.263. The van der Waals surface area contributed by atoms with Crippen molar-refractivity contribution in [3.05, 3.63) is 59.9 Å².